The molecule has 1 amide bonds. The molecule has 0 bridgehead atoms. The maximum Gasteiger partial charge on any atom is 0.338 e. The largest absolute Gasteiger partial charge is 0.452 e. The number of halogens is 1. The van der Waals surface area contributed by atoms with Gasteiger partial charge in [0.1, 0.15) is 25.5 Å². The average molecular weight is 387 g/mol. The van der Waals surface area contributed by atoms with Crippen LogP contribution in [0.1, 0.15) is 21.5 Å². The Hall–Kier alpha value is -2.77. The summed E-state index contributed by atoms with van der Waals surface area (Å²) >= 11 is 0. The predicted molar refractivity (Wildman–Crippen MR) is 102 cm³/mol. The molecule has 148 valence electrons. The van der Waals surface area contributed by atoms with Crippen molar-refractivity contribution in [2.24, 2.45) is 0 Å². The Morgan fingerprint density at radius 2 is 1.86 bits per heavy atom. The molecule has 0 spiro atoms. The molecule has 1 aliphatic heterocycles. The minimum absolute atomic E-state index is 0.0571. The van der Waals surface area contributed by atoms with Gasteiger partial charge in [-0.05, 0) is 36.8 Å². The zero-order valence-electron chi connectivity index (χ0n) is 15.8. The zero-order valence-corrected chi connectivity index (χ0v) is 15.8. The number of hydrogen-bond acceptors (Lipinski definition) is 4. The predicted octanol–water partition coefficient (Wildman–Crippen LogP) is 1.34. The van der Waals surface area contributed by atoms with Crippen LogP contribution in [-0.2, 0) is 20.8 Å². The number of hydrogen-bond donors (Lipinski definition) is 2. The monoisotopic (exact) mass is 387 g/mol. The fraction of sp³-hybridized carbons (Fsp3) is 0.333. The number of rotatable bonds is 6. The van der Waals surface area contributed by atoms with Crippen molar-refractivity contribution in [2.75, 3.05) is 38.2 Å². The van der Waals surface area contributed by atoms with Gasteiger partial charge in [-0.25, -0.2) is 9.18 Å². The summed E-state index contributed by atoms with van der Waals surface area (Å²) in [4.78, 5) is 25.5. The SMILES string of the molecule is Cc1ccc(NC(=O)COC(=O)c2ccc(C[NH+]3CCOCC3)cc2)c(F)c1. The van der Waals surface area contributed by atoms with Crippen molar-refractivity contribution in [1.82, 2.24) is 0 Å². The summed E-state index contributed by atoms with van der Waals surface area (Å²) in [6.07, 6.45) is 0. The van der Waals surface area contributed by atoms with Crippen molar-refractivity contribution in [3.63, 3.8) is 0 Å². The Balaban J connectivity index is 1.48. The summed E-state index contributed by atoms with van der Waals surface area (Å²) in [5.41, 5.74) is 2.30. The minimum Gasteiger partial charge on any atom is -0.452 e. The molecule has 0 aromatic heterocycles. The normalized spacial score (nSPS) is 14.5. The number of benzene rings is 2. The van der Waals surface area contributed by atoms with Gasteiger partial charge in [-0.1, -0.05) is 18.2 Å². The van der Waals surface area contributed by atoms with Crippen molar-refractivity contribution in [3.8, 4) is 0 Å². The summed E-state index contributed by atoms with van der Waals surface area (Å²) in [7, 11) is 0. The minimum atomic E-state index is -0.594. The Morgan fingerprint density at radius 1 is 1.14 bits per heavy atom. The number of anilines is 1. The first-order valence-electron chi connectivity index (χ1n) is 9.24. The molecule has 2 N–H and O–H groups in total. The second kappa shape index (κ2) is 9.43. The van der Waals surface area contributed by atoms with E-state index in [1.165, 1.54) is 17.0 Å². The number of aryl methyl sites for hydroxylation is 1. The van der Waals surface area contributed by atoms with Gasteiger partial charge >= 0.3 is 5.97 Å². The van der Waals surface area contributed by atoms with Gasteiger partial charge in [0.25, 0.3) is 5.91 Å². The number of amides is 1. The molecule has 2 aromatic rings. The summed E-state index contributed by atoms with van der Waals surface area (Å²) in [6.45, 7) is 5.64. The molecule has 0 aliphatic carbocycles. The highest BCUT2D eigenvalue weighted by molar-refractivity contribution is 5.95. The third-order valence-corrected chi connectivity index (χ3v) is 4.58. The average Bonchev–Trinajstić information content (AvgIpc) is 2.70. The van der Waals surface area contributed by atoms with Crippen LogP contribution >= 0.6 is 0 Å². The van der Waals surface area contributed by atoms with E-state index in [1.807, 2.05) is 12.1 Å². The van der Waals surface area contributed by atoms with Gasteiger partial charge in [-0.15, -0.1) is 0 Å². The molecule has 0 atom stereocenters. The van der Waals surface area contributed by atoms with Crippen LogP contribution in [0.2, 0.25) is 0 Å². The second-order valence-electron chi connectivity index (χ2n) is 6.84. The van der Waals surface area contributed by atoms with Gasteiger partial charge in [-0.3, -0.25) is 4.79 Å². The van der Waals surface area contributed by atoms with Crippen LogP contribution in [0.3, 0.4) is 0 Å². The quantitative estimate of drug-likeness (QED) is 0.734. The topological polar surface area (TPSA) is 69.1 Å². The summed E-state index contributed by atoms with van der Waals surface area (Å²) in [5.74, 6) is -1.72. The Bertz CT molecular complexity index is 833. The summed E-state index contributed by atoms with van der Waals surface area (Å²) < 4.78 is 24.1. The molecule has 1 aliphatic rings. The van der Waals surface area contributed by atoms with Crippen molar-refractivity contribution < 1.29 is 28.4 Å². The number of nitrogens with one attached hydrogen (secondary N) is 2. The van der Waals surface area contributed by atoms with Crippen molar-refractivity contribution in [2.45, 2.75) is 13.5 Å². The second-order valence-corrected chi connectivity index (χ2v) is 6.84. The van der Waals surface area contributed by atoms with Crippen molar-refractivity contribution in [1.29, 1.82) is 0 Å². The molecule has 1 saturated heterocycles. The van der Waals surface area contributed by atoms with Crippen molar-refractivity contribution in [3.05, 3.63) is 65.0 Å². The van der Waals surface area contributed by atoms with Crippen molar-refractivity contribution >= 4 is 17.6 Å². The molecule has 0 radical (unpaired) electrons. The van der Waals surface area contributed by atoms with E-state index in [4.69, 9.17) is 9.47 Å². The maximum absolute atomic E-state index is 13.7. The molecule has 1 fully saturated rings. The third-order valence-electron chi connectivity index (χ3n) is 4.58. The van der Waals surface area contributed by atoms with E-state index in [2.05, 4.69) is 5.32 Å². The third kappa shape index (κ3) is 5.61. The molecular formula is C21H24FN2O4+. The maximum atomic E-state index is 13.7. The van der Waals surface area contributed by atoms with Crippen LogP contribution < -0.4 is 10.2 Å². The van der Waals surface area contributed by atoms with Gasteiger partial charge in [0, 0.05) is 5.56 Å². The van der Waals surface area contributed by atoms with Gasteiger partial charge in [0.2, 0.25) is 0 Å². The number of morpholine rings is 1. The number of quaternary nitrogens is 1. The zero-order chi connectivity index (χ0) is 19.9. The van der Waals surface area contributed by atoms with Crippen LogP contribution in [0, 0.1) is 12.7 Å². The molecule has 2 aromatic carbocycles. The highest BCUT2D eigenvalue weighted by atomic mass is 19.1. The van der Waals surface area contributed by atoms with Crippen LogP contribution in [0.15, 0.2) is 42.5 Å². The molecule has 0 unspecified atom stereocenters. The first kappa shape index (κ1) is 20.0. The van der Waals surface area contributed by atoms with E-state index in [9.17, 15) is 14.0 Å². The molecule has 3 rings (SSSR count). The fourth-order valence-electron chi connectivity index (χ4n) is 3.01. The van der Waals surface area contributed by atoms with E-state index in [-0.39, 0.29) is 5.69 Å². The highest BCUT2D eigenvalue weighted by Gasteiger charge is 2.15. The standard InChI is InChI=1S/C21H23FN2O4/c1-15-2-7-19(18(22)12-15)23-20(25)14-28-21(26)17-5-3-16(4-6-17)13-24-8-10-27-11-9-24/h2-7,12H,8-11,13-14H2,1H3,(H,23,25)/p+1. The first-order chi connectivity index (χ1) is 13.5. The molecule has 7 heteroatoms. The molecular weight excluding hydrogens is 363 g/mol. The Morgan fingerprint density at radius 3 is 2.54 bits per heavy atom. The fourth-order valence-corrected chi connectivity index (χ4v) is 3.01. The van der Waals surface area contributed by atoms with E-state index in [0.29, 0.717) is 5.56 Å². The van der Waals surface area contributed by atoms with Crippen LogP contribution in [0.5, 0.6) is 0 Å². The lowest BCUT2D eigenvalue weighted by molar-refractivity contribution is -0.921. The number of esters is 1. The molecule has 0 saturated carbocycles. The Labute approximate surface area is 163 Å². The first-order valence-corrected chi connectivity index (χ1v) is 9.24. The van der Waals surface area contributed by atoms with Gasteiger partial charge in [-0.2, -0.15) is 0 Å². The number of carbonyl (C=O) groups excluding carboxylic acids is 2. The van der Waals surface area contributed by atoms with E-state index >= 15 is 0 Å². The molecule has 6 nitrogen and oxygen atoms in total. The summed E-state index contributed by atoms with van der Waals surface area (Å²) in [5, 5.41) is 2.39. The summed E-state index contributed by atoms with van der Waals surface area (Å²) in [6, 6.07) is 11.6. The van der Waals surface area contributed by atoms with E-state index in [0.717, 1.165) is 44.0 Å². The van der Waals surface area contributed by atoms with Gasteiger partial charge < -0.3 is 19.7 Å². The number of carbonyl (C=O) groups is 2. The molecule has 1 heterocycles. The number of ether oxygens (including phenoxy) is 2. The lowest BCUT2D eigenvalue weighted by Crippen LogP contribution is -3.12. The smallest absolute Gasteiger partial charge is 0.338 e. The van der Waals surface area contributed by atoms with Crippen LogP contribution in [-0.4, -0.2) is 44.8 Å². The van der Waals surface area contributed by atoms with Crippen LogP contribution in [0.25, 0.3) is 0 Å². The lowest BCUT2D eigenvalue weighted by atomic mass is 10.1. The Kier molecular flexibility index (Phi) is 6.73. The highest BCUT2D eigenvalue weighted by Crippen LogP contribution is 2.15. The lowest BCUT2D eigenvalue weighted by Gasteiger charge is -2.23. The van der Waals surface area contributed by atoms with E-state index < -0.39 is 24.3 Å². The van der Waals surface area contributed by atoms with Gasteiger partial charge in [0.15, 0.2) is 6.61 Å². The van der Waals surface area contributed by atoms with Gasteiger partial charge in [0.05, 0.1) is 24.5 Å². The molecule has 28 heavy (non-hydrogen) atoms. The van der Waals surface area contributed by atoms with E-state index in [1.54, 1.807) is 25.1 Å². The van der Waals surface area contributed by atoms with Crippen LogP contribution in [0.4, 0.5) is 10.1 Å².